The van der Waals surface area contributed by atoms with Gasteiger partial charge < -0.3 is 9.32 Å². The van der Waals surface area contributed by atoms with Gasteiger partial charge in [-0.05, 0) is 80.3 Å². The van der Waals surface area contributed by atoms with Crippen molar-refractivity contribution in [2.75, 3.05) is 4.90 Å². The first kappa shape index (κ1) is 26.8. The maximum absolute atomic E-state index is 6.38. The van der Waals surface area contributed by atoms with Crippen molar-refractivity contribution in [2.45, 2.75) is 0 Å². The molecule has 224 valence electrons. The number of nitrogens with zero attached hydrogens (tertiary/aromatic N) is 1. The number of furan rings is 1. The Morgan fingerprint density at radius 2 is 0.979 bits per heavy atom. The highest BCUT2D eigenvalue weighted by Gasteiger charge is 2.23. The minimum atomic E-state index is 0.915. The van der Waals surface area contributed by atoms with Crippen LogP contribution in [0.2, 0.25) is 0 Å². The number of benzene rings is 9. The lowest BCUT2D eigenvalue weighted by Gasteiger charge is -2.30. The molecule has 10 rings (SSSR count). The summed E-state index contributed by atoms with van der Waals surface area (Å²) in [4.78, 5) is 2.46. The zero-order valence-corrected chi connectivity index (χ0v) is 26.1. The third-order valence-corrected chi connectivity index (χ3v) is 9.80. The number of hydrogen-bond donors (Lipinski definition) is 0. The van der Waals surface area contributed by atoms with Crippen LogP contribution in [0.1, 0.15) is 0 Å². The molecule has 0 aliphatic carbocycles. The van der Waals surface area contributed by atoms with Gasteiger partial charge in [-0.15, -0.1) is 0 Å². The second kappa shape index (κ2) is 10.6. The molecule has 1 heterocycles. The lowest BCUT2D eigenvalue weighted by molar-refractivity contribution is 0.669. The van der Waals surface area contributed by atoms with Gasteiger partial charge in [0.15, 0.2) is 0 Å². The molecule has 1 aromatic heterocycles. The Balaban J connectivity index is 1.36. The zero-order chi connectivity index (χ0) is 31.6. The van der Waals surface area contributed by atoms with Crippen molar-refractivity contribution in [1.29, 1.82) is 0 Å². The van der Waals surface area contributed by atoms with Crippen molar-refractivity contribution >= 4 is 82.1 Å². The zero-order valence-electron chi connectivity index (χ0n) is 26.1. The van der Waals surface area contributed by atoms with Crippen LogP contribution in [-0.2, 0) is 0 Å². The van der Waals surface area contributed by atoms with E-state index in [4.69, 9.17) is 4.42 Å². The molecule has 9 aromatic carbocycles. The van der Waals surface area contributed by atoms with Crippen LogP contribution < -0.4 is 4.90 Å². The predicted molar refractivity (Wildman–Crippen MR) is 204 cm³/mol. The van der Waals surface area contributed by atoms with Crippen LogP contribution in [-0.4, -0.2) is 0 Å². The molecule has 0 saturated heterocycles. The van der Waals surface area contributed by atoms with Crippen molar-refractivity contribution in [3.63, 3.8) is 0 Å². The van der Waals surface area contributed by atoms with E-state index in [2.05, 4.69) is 175 Å². The second-order valence-corrected chi connectivity index (χ2v) is 12.5. The Hall–Kier alpha value is -6.38. The van der Waals surface area contributed by atoms with E-state index in [1.807, 2.05) is 6.07 Å². The first-order chi connectivity index (χ1) is 23.8. The Labute approximate surface area is 277 Å². The molecule has 0 N–H and O–H groups in total. The average Bonchev–Trinajstić information content (AvgIpc) is 3.54. The van der Waals surface area contributed by atoms with Crippen molar-refractivity contribution in [3.8, 4) is 11.1 Å². The topological polar surface area (TPSA) is 16.4 Å². The lowest BCUT2D eigenvalue weighted by atomic mass is 9.90. The Morgan fingerprint density at radius 3 is 1.83 bits per heavy atom. The molecule has 0 spiro atoms. The standard InChI is InChI=1S/C46H29NO/c1-2-14-31(15-3-1)34-17-8-10-22-40(34)47(33-26-25-30-13-4-5-16-32(30)29-33)41-23-12-21-36-38-27-28-43-46(39-20-9-11-24-42(39)48-43)45(38)37-19-7-6-18-35(37)44(36)41/h1-29H. The smallest absolute Gasteiger partial charge is 0.136 e. The van der Waals surface area contributed by atoms with Crippen LogP contribution in [0.4, 0.5) is 17.1 Å². The summed E-state index contributed by atoms with van der Waals surface area (Å²) in [5.74, 6) is 0. The van der Waals surface area contributed by atoms with Crippen LogP contribution in [0.15, 0.2) is 180 Å². The van der Waals surface area contributed by atoms with E-state index in [0.717, 1.165) is 33.6 Å². The third kappa shape index (κ3) is 4.00. The van der Waals surface area contributed by atoms with Crippen LogP contribution in [0.3, 0.4) is 0 Å². The maximum Gasteiger partial charge on any atom is 0.136 e. The first-order valence-corrected chi connectivity index (χ1v) is 16.4. The highest BCUT2D eigenvalue weighted by molar-refractivity contribution is 6.36. The molecular formula is C46H29NO. The molecule has 48 heavy (non-hydrogen) atoms. The van der Waals surface area contributed by atoms with Crippen LogP contribution >= 0.6 is 0 Å². The van der Waals surface area contributed by atoms with Crippen molar-refractivity contribution in [3.05, 3.63) is 176 Å². The quantitative estimate of drug-likeness (QED) is 0.184. The molecular weight excluding hydrogens is 583 g/mol. The number of para-hydroxylation sites is 2. The fourth-order valence-electron chi connectivity index (χ4n) is 7.73. The molecule has 0 aliphatic rings. The van der Waals surface area contributed by atoms with E-state index in [1.165, 1.54) is 59.6 Å². The first-order valence-electron chi connectivity index (χ1n) is 16.4. The molecule has 10 aromatic rings. The van der Waals surface area contributed by atoms with Crippen LogP contribution in [0, 0.1) is 0 Å². The molecule has 2 nitrogen and oxygen atoms in total. The Kier molecular flexibility index (Phi) is 5.91. The number of anilines is 3. The molecule has 0 saturated carbocycles. The van der Waals surface area contributed by atoms with E-state index in [-0.39, 0.29) is 0 Å². The SMILES string of the molecule is c1ccc(-c2ccccc2N(c2ccc3ccccc3c2)c2cccc3c4ccc5oc6ccccc6c5c4c4ccccc4c23)cc1. The van der Waals surface area contributed by atoms with Gasteiger partial charge in [0.25, 0.3) is 0 Å². The van der Waals surface area contributed by atoms with Gasteiger partial charge in [-0.3, -0.25) is 0 Å². The van der Waals surface area contributed by atoms with Gasteiger partial charge in [0, 0.05) is 32.8 Å². The summed E-state index contributed by atoms with van der Waals surface area (Å²) in [6, 6.07) is 63.3. The summed E-state index contributed by atoms with van der Waals surface area (Å²) < 4.78 is 6.38. The molecule has 0 bridgehead atoms. The summed E-state index contributed by atoms with van der Waals surface area (Å²) in [5.41, 5.74) is 7.58. The van der Waals surface area contributed by atoms with E-state index >= 15 is 0 Å². The highest BCUT2D eigenvalue weighted by atomic mass is 16.3. The van der Waals surface area contributed by atoms with Crippen molar-refractivity contribution in [2.24, 2.45) is 0 Å². The van der Waals surface area contributed by atoms with Crippen molar-refractivity contribution < 1.29 is 4.42 Å². The molecule has 0 amide bonds. The molecule has 0 atom stereocenters. The van der Waals surface area contributed by atoms with Gasteiger partial charge in [0.05, 0.1) is 11.4 Å². The molecule has 0 aliphatic heterocycles. The lowest BCUT2D eigenvalue weighted by Crippen LogP contribution is -2.12. The van der Waals surface area contributed by atoms with E-state index in [1.54, 1.807) is 0 Å². The Bertz CT molecular complexity index is 2820. The van der Waals surface area contributed by atoms with Gasteiger partial charge in [0.1, 0.15) is 11.2 Å². The van der Waals surface area contributed by atoms with Gasteiger partial charge in [-0.2, -0.15) is 0 Å². The fourth-order valence-corrected chi connectivity index (χ4v) is 7.73. The van der Waals surface area contributed by atoms with Gasteiger partial charge in [-0.1, -0.05) is 133 Å². The number of fused-ring (bicyclic) bond motifs is 11. The van der Waals surface area contributed by atoms with E-state index < -0.39 is 0 Å². The van der Waals surface area contributed by atoms with E-state index in [0.29, 0.717) is 0 Å². The predicted octanol–water partition coefficient (Wildman–Crippen LogP) is 13.3. The average molecular weight is 612 g/mol. The molecule has 0 fully saturated rings. The summed E-state index contributed by atoms with van der Waals surface area (Å²) in [7, 11) is 0. The summed E-state index contributed by atoms with van der Waals surface area (Å²) in [5, 5.41) is 12.1. The highest BCUT2D eigenvalue weighted by Crippen LogP contribution is 2.49. The minimum Gasteiger partial charge on any atom is -0.456 e. The fraction of sp³-hybridized carbons (Fsp3) is 0. The van der Waals surface area contributed by atoms with Gasteiger partial charge >= 0.3 is 0 Å². The normalized spacial score (nSPS) is 11.8. The largest absolute Gasteiger partial charge is 0.456 e. The second-order valence-electron chi connectivity index (χ2n) is 12.5. The summed E-state index contributed by atoms with van der Waals surface area (Å²) in [6.45, 7) is 0. The van der Waals surface area contributed by atoms with Gasteiger partial charge in [0.2, 0.25) is 0 Å². The molecule has 0 unspecified atom stereocenters. The minimum absolute atomic E-state index is 0.915. The molecule has 2 heteroatoms. The van der Waals surface area contributed by atoms with Gasteiger partial charge in [-0.25, -0.2) is 0 Å². The third-order valence-electron chi connectivity index (χ3n) is 9.80. The summed E-state index contributed by atoms with van der Waals surface area (Å²) in [6.07, 6.45) is 0. The Morgan fingerprint density at radius 1 is 0.354 bits per heavy atom. The summed E-state index contributed by atoms with van der Waals surface area (Å²) >= 11 is 0. The van der Waals surface area contributed by atoms with Crippen molar-refractivity contribution in [1.82, 2.24) is 0 Å². The number of hydrogen-bond acceptors (Lipinski definition) is 2. The maximum atomic E-state index is 6.38. The number of rotatable bonds is 4. The monoisotopic (exact) mass is 611 g/mol. The van der Waals surface area contributed by atoms with E-state index in [9.17, 15) is 0 Å². The van der Waals surface area contributed by atoms with Crippen LogP contribution in [0.5, 0.6) is 0 Å². The van der Waals surface area contributed by atoms with Crippen LogP contribution in [0.25, 0.3) is 76.2 Å². The molecule has 0 radical (unpaired) electrons.